The van der Waals surface area contributed by atoms with E-state index >= 15 is 0 Å². The van der Waals surface area contributed by atoms with Gasteiger partial charge < -0.3 is 14.3 Å². The Labute approximate surface area is 206 Å². The molecule has 188 valence electrons. The highest BCUT2D eigenvalue weighted by Crippen LogP contribution is 2.43. The quantitative estimate of drug-likeness (QED) is 0.390. The second-order valence-corrected chi connectivity index (χ2v) is 8.15. The van der Waals surface area contributed by atoms with Gasteiger partial charge in [0, 0.05) is 6.42 Å². The van der Waals surface area contributed by atoms with Crippen molar-refractivity contribution in [3.63, 3.8) is 0 Å². The molecule has 0 saturated heterocycles. The molecule has 36 heavy (non-hydrogen) atoms. The maximum absolute atomic E-state index is 13.2. The first-order valence-corrected chi connectivity index (χ1v) is 11.3. The molecular formula is C27H25F3N2O4. The minimum absolute atomic E-state index is 0.229. The van der Waals surface area contributed by atoms with E-state index in [0.717, 1.165) is 16.2 Å². The van der Waals surface area contributed by atoms with Gasteiger partial charge in [-0.3, -0.25) is 4.99 Å². The third-order valence-electron chi connectivity index (χ3n) is 5.87. The van der Waals surface area contributed by atoms with Crippen LogP contribution in [0.4, 0.5) is 13.2 Å². The van der Waals surface area contributed by atoms with Gasteiger partial charge in [0.15, 0.2) is 11.5 Å². The van der Waals surface area contributed by atoms with E-state index in [1.165, 1.54) is 14.2 Å². The normalized spacial score (nSPS) is 17.5. The molecule has 6 nitrogen and oxygen atoms in total. The number of methoxy groups -OCH3 is 2. The van der Waals surface area contributed by atoms with Crippen molar-refractivity contribution in [1.29, 1.82) is 0 Å². The summed E-state index contributed by atoms with van der Waals surface area (Å²) >= 11 is 0. The van der Waals surface area contributed by atoms with E-state index in [-0.39, 0.29) is 12.3 Å². The van der Waals surface area contributed by atoms with Crippen LogP contribution in [0.3, 0.4) is 0 Å². The van der Waals surface area contributed by atoms with Crippen LogP contribution in [0.5, 0.6) is 11.5 Å². The average molecular weight is 499 g/mol. The molecule has 1 aliphatic rings. The molecule has 0 fully saturated rings. The third-order valence-corrected chi connectivity index (χ3v) is 5.87. The van der Waals surface area contributed by atoms with Crippen LogP contribution in [-0.2, 0) is 16.1 Å². The fourth-order valence-electron chi connectivity index (χ4n) is 4.17. The topological polar surface area (TPSA) is 60.4 Å². The Morgan fingerprint density at radius 1 is 0.861 bits per heavy atom. The van der Waals surface area contributed by atoms with Gasteiger partial charge in [0.05, 0.1) is 14.2 Å². The Morgan fingerprint density at radius 3 is 2.06 bits per heavy atom. The van der Waals surface area contributed by atoms with Crippen LogP contribution < -0.4 is 9.47 Å². The monoisotopic (exact) mass is 498 g/mol. The number of carbonyl (C=O) groups excluding carboxylic acids is 1. The predicted molar refractivity (Wildman–Crippen MR) is 128 cm³/mol. The first-order valence-electron chi connectivity index (χ1n) is 11.3. The molecule has 0 aromatic heterocycles. The van der Waals surface area contributed by atoms with E-state index in [9.17, 15) is 18.0 Å². The van der Waals surface area contributed by atoms with Crippen LogP contribution in [0, 0.1) is 0 Å². The number of hydrogen-bond acceptors (Lipinski definition) is 6. The van der Waals surface area contributed by atoms with Crippen molar-refractivity contribution in [3.8, 4) is 11.5 Å². The lowest BCUT2D eigenvalue weighted by atomic mass is 9.95. The van der Waals surface area contributed by atoms with E-state index in [1.807, 2.05) is 36.4 Å². The number of hydrogen-bond donors (Lipinski definition) is 0. The Bertz CT molecular complexity index is 1220. The number of hydroxylamine groups is 2. The molecule has 1 heterocycles. The van der Waals surface area contributed by atoms with Gasteiger partial charge >= 0.3 is 12.1 Å². The summed E-state index contributed by atoms with van der Waals surface area (Å²) < 4.78 is 50.3. The molecule has 3 aromatic carbocycles. The summed E-state index contributed by atoms with van der Waals surface area (Å²) in [5.41, 5.74) is 2.32. The Balaban J connectivity index is 1.70. The molecule has 1 aliphatic heterocycles. The summed E-state index contributed by atoms with van der Waals surface area (Å²) in [4.78, 5) is 21.7. The lowest BCUT2D eigenvalue weighted by Gasteiger charge is -2.29. The van der Waals surface area contributed by atoms with Crippen molar-refractivity contribution >= 4 is 11.8 Å². The Kier molecular flexibility index (Phi) is 7.47. The number of alkyl halides is 3. The van der Waals surface area contributed by atoms with Crippen LogP contribution >= 0.6 is 0 Å². The number of nitrogens with zero attached hydrogens (tertiary/aromatic N) is 2. The summed E-state index contributed by atoms with van der Waals surface area (Å²) in [7, 11) is 3.06. The van der Waals surface area contributed by atoms with E-state index in [0.29, 0.717) is 23.5 Å². The van der Waals surface area contributed by atoms with Crippen LogP contribution in [0.1, 0.15) is 35.2 Å². The van der Waals surface area contributed by atoms with Crippen molar-refractivity contribution in [3.05, 3.63) is 95.6 Å². The molecule has 2 atom stereocenters. The fourth-order valence-corrected chi connectivity index (χ4v) is 4.17. The highest BCUT2D eigenvalue weighted by atomic mass is 19.4. The first kappa shape index (κ1) is 25.1. The van der Waals surface area contributed by atoms with Gasteiger partial charge in [-0.15, -0.1) is 0 Å². The number of amidine groups is 1. The van der Waals surface area contributed by atoms with E-state index in [1.54, 1.807) is 42.5 Å². The summed E-state index contributed by atoms with van der Waals surface area (Å²) in [6.07, 6.45) is -4.50. The lowest BCUT2D eigenvalue weighted by Crippen LogP contribution is -2.39. The van der Waals surface area contributed by atoms with Crippen molar-refractivity contribution < 1.29 is 32.3 Å². The molecule has 0 saturated carbocycles. The van der Waals surface area contributed by atoms with Crippen LogP contribution in [0.25, 0.3) is 0 Å². The van der Waals surface area contributed by atoms with Crippen molar-refractivity contribution in [2.45, 2.75) is 31.1 Å². The van der Waals surface area contributed by atoms with E-state index in [4.69, 9.17) is 19.3 Å². The summed E-state index contributed by atoms with van der Waals surface area (Å²) in [5, 5.41) is 1.02. The van der Waals surface area contributed by atoms with Crippen molar-refractivity contribution in [2.75, 3.05) is 14.2 Å². The third kappa shape index (κ3) is 5.45. The largest absolute Gasteiger partial charge is 0.493 e. The Morgan fingerprint density at radius 2 is 1.47 bits per heavy atom. The van der Waals surface area contributed by atoms with Gasteiger partial charge in [-0.25, -0.2) is 4.79 Å². The molecule has 0 bridgehead atoms. The zero-order valence-corrected chi connectivity index (χ0v) is 19.7. The number of rotatable bonds is 8. The number of carbonyl (C=O) groups is 1. The molecule has 0 spiro atoms. The molecule has 0 N–H and O–H groups in total. The molecule has 2 unspecified atom stereocenters. The molecule has 4 rings (SSSR count). The number of benzene rings is 3. The van der Waals surface area contributed by atoms with Crippen LogP contribution in [-0.4, -0.2) is 37.3 Å². The number of halogens is 3. The van der Waals surface area contributed by atoms with Gasteiger partial charge in [-0.05, 0) is 35.2 Å². The number of aliphatic imine (C=N–C) groups is 1. The maximum atomic E-state index is 13.2. The number of ether oxygens (including phenoxy) is 2. The van der Waals surface area contributed by atoms with Crippen LogP contribution in [0.15, 0.2) is 83.9 Å². The summed E-state index contributed by atoms with van der Waals surface area (Å²) in [6.45, 7) is 0. The highest BCUT2D eigenvalue weighted by Gasteiger charge is 2.47. The fraction of sp³-hybridized carbons (Fsp3) is 0.259. The summed E-state index contributed by atoms with van der Waals surface area (Å²) in [5.74, 6) is -0.956. The van der Waals surface area contributed by atoms with Crippen molar-refractivity contribution in [2.24, 2.45) is 4.99 Å². The minimum Gasteiger partial charge on any atom is -0.493 e. The van der Waals surface area contributed by atoms with Crippen molar-refractivity contribution in [1.82, 2.24) is 5.06 Å². The predicted octanol–water partition coefficient (Wildman–Crippen LogP) is 5.85. The molecule has 0 amide bonds. The van der Waals surface area contributed by atoms with Gasteiger partial charge in [0.2, 0.25) is 0 Å². The maximum Gasteiger partial charge on any atom is 0.493 e. The second-order valence-electron chi connectivity index (χ2n) is 8.15. The highest BCUT2D eigenvalue weighted by molar-refractivity contribution is 5.86. The summed E-state index contributed by atoms with van der Waals surface area (Å²) in [6, 6.07) is 22.2. The SMILES string of the molecule is COc1ccc(CCC2=NC(c3ccccc3)C(c3ccccc3)N2OC(=O)C(F)(F)F)cc1OC. The molecule has 9 heteroatoms. The van der Waals surface area contributed by atoms with Gasteiger partial charge in [0.25, 0.3) is 0 Å². The van der Waals surface area contributed by atoms with Crippen LogP contribution in [0.2, 0.25) is 0 Å². The second kappa shape index (κ2) is 10.7. The first-order chi connectivity index (χ1) is 17.3. The van der Waals surface area contributed by atoms with Gasteiger partial charge in [0.1, 0.15) is 17.9 Å². The molecule has 3 aromatic rings. The molecule has 0 radical (unpaired) electrons. The standard InChI is InChI=1S/C27H25F3N2O4/c1-34-21-15-13-18(17-22(21)35-2)14-16-23-31-24(19-9-5-3-6-10-19)25(20-11-7-4-8-12-20)32(23)36-26(33)27(28,29)30/h3-13,15,17,24-25H,14,16H2,1-2H3. The van der Waals surface area contributed by atoms with Gasteiger partial charge in [-0.1, -0.05) is 66.7 Å². The molecular weight excluding hydrogens is 473 g/mol. The number of aryl methyl sites for hydroxylation is 1. The average Bonchev–Trinajstić information content (AvgIpc) is 3.25. The lowest BCUT2D eigenvalue weighted by molar-refractivity contribution is -0.230. The van der Waals surface area contributed by atoms with E-state index in [2.05, 4.69) is 0 Å². The minimum atomic E-state index is -5.15. The smallest absolute Gasteiger partial charge is 0.493 e. The molecule has 0 aliphatic carbocycles. The van der Waals surface area contributed by atoms with E-state index < -0.39 is 24.2 Å². The zero-order valence-electron chi connectivity index (χ0n) is 19.7. The zero-order chi connectivity index (χ0) is 25.7. The Hall–Kier alpha value is -4.01. The van der Waals surface area contributed by atoms with Gasteiger partial charge in [-0.2, -0.15) is 18.2 Å².